The number of oxazole rings is 1. The molecule has 1 aliphatic rings. The molecule has 0 saturated carbocycles. The van der Waals surface area contributed by atoms with E-state index < -0.39 is 0 Å². The van der Waals surface area contributed by atoms with Crippen LogP contribution in [-0.2, 0) is 6.54 Å². The van der Waals surface area contributed by atoms with Gasteiger partial charge >= 0.3 is 0 Å². The summed E-state index contributed by atoms with van der Waals surface area (Å²) in [5, 5.41) is 0.655. The molecule has 1 aliphatic heterocycles. The normalized spacial score (nSPS) is 15.8. The van der Waals surface area contributed by atoms with Gasteiger partial charge in [-0.25, -0.2) is 4.98 Å². The molecule has 146 valence electrons. The van der Waals surface area contributed by atoms with E-state index in [1.54, 1.807) is 6.07 Å². The molecule has 0 N–H and O–H groups in total. The van der Waals surface area contributed by atoms with Gasteiger partial charge in [0.25, 0.3) is 5.91 Å². The maximum Gasteiger partial charge on any atom is 0.253 e. The summed E-state index contributed by atoms with van der Waals surface area (Å²) in [6.45, 7) is 7.89. The molecular formula is C22H24ClN3O2. The lowest BCUT2D eigenvalue weighted by Gasteiger charge is -2.21. The monoisotopic (exact) mass is 397 g/mol. The van der Waals surface area contributed by atoms with Crippen molar-refractivity contribution in [3.05, 3.63) is 64.0 Å². The van der Waals surface area contributed by atoms with E-state index in [4.69, 9.17) is 16.0 Å². The van der Waals surface area contributed by atoms with Gasteiger partial charge in [0, 0.05) is 36.8 Å². The van der Waals surface area contributed by atoms with Crippen molar-refractivity contribution in [3.63, 3.8) is 0 Å². The number of carbonyl (C=O) groups excluding carboxylic acids is 1. The summed E-state index contributed by atoms with van der Waals surface area (Å²) in [7, 11) is 0. The molecule has 1 fully saturated rings. The maximum atomic E-state index is 12.9. The highest BCUT2D eigenvalue weighted by Crippen LogP contribution is 2.21. The van der Waals surface area contributed by atoms with Crippen molar-refractivity contribution in [2.45, 2.75) is 26.8 Å². The Hall–Kier alpha value is -2.37. The number of benzene rings is 2. The molecule has 4 rings (SSSR count). The molecule has 5 nitrogen and oxygen atoms in total. The van der Waals surface area contributed by atoms with Crippen LogP contribution in [0.2, 0.25) is 5.02 Å². The smallest absolute Gasteiger partial charge is 0.253 e. The van der Waals surface area contributed by atoms with E-state index in [2.05, 4.69) is 16.0 Å². The van der Waals surface area contributed by atoms with Gasteiger partial charge in [0.2, 0.25) is 5.89 Å². The zero-order valence-corrected chi connectivity index (χ0v) is 17.0. The second-order valence-corrected chi connectivity index (χ2v) is 7.95. The fraction of sp³-hybridized carbons (Fsp3) is 0.364. The molecule has 1 saturated heterocycles. The standard InChI is InChI=1S/C22H24ClN3O2/c1-15-10-16(2)12-17(11-15)22(27)26-7-3-6-25(8-9-26)14-21-24-19-13-18(23)4-5-20(19)28-21/h4-5,10-13H,3,6-9,14H2,1-2H3. The molecule has 0 unspecified atom stereocenters. The Kier molecular flexibility index (Phi) is 5.38. The molecule has 3 aromatic rings. The zero-order valence-electron chi connectivity index (χ0n) is 16.2. The Morgan fingerprint density at radius 2 is 1.86 bits per heavy atom. The molecule has 0 atom stereocenters. The van der Waals surface area contributed by atoms with Gasteiger partial charge in [0.05, 0.1) is 6.54 Å². The summed E-state index contributed by atoms with van der Waals surface area (Å²) < 4.78 is 5.84. The molecule has 2 aromatic carbocycles. The van der Waals surface area contributed by atoms with Crippen LogP contribution in [0.4, 0.5) is 0 Å². The molecule has 1 amide bonds. The van der Waals surface area contributed by atoms with Crippen LogP contribution in [0.3, 0.4) is 0 Å². The number of aromatic nitrogens is 1. The van der Waals surface area contributed by atoms with Crippen molar-refractivity contribution in [2.75, 3.05) is 26.2 Å². The predicted molar refractivity (Wildman–Crippen MR) is 111 cm³/mol. The number of fused-ring (bicyclic) bond motifs is 1. The fourth-order valence-electron chi connectivity index (χ4n) is 3.82. The van der Waals surface area contributed by atoms with Crippen LogP contribution in [0.5, 0.6) is 0 Å². The van der Waals surface area contributed by atoms with E-state index in [1.807, 2.05) is 43.0 Å². The van der Waals surface area contributed by atoms with E-state index in [1.165, 1.54) is 0 Å². The molecule has 28 heavy (non-hydrogen) atoms. The van der Waals surface area contributed by atoms with Gasteiger partial charge in [-0.3, -0.25) is 9.69 Å². The van der Waals surface area contributed by atoms with E-state index in [-0.39, 0.29) is 5.91 Å². The lowest BCUT2D eigenvalue weighted by atomic mass is 10.1. The van der Waals surface area contributed by atoms with Crippen molar-refractivity contribution in [3.8, 4) is 0 Å². The summed E-state index contributed by atoms with van der Waals surface area (Å²) in [4.78, 5) is 21.7. The van der Waals surface area contributed by atoms with E-state index in [0.29, 0.717) is 24.0 Å². The number of halogens is 1. The minimum absolute atomic E-state index is 0.116. The topological polar surface area (TPSA) is 49.6 Å². The molecule has 0 spiro atoms. The Bertz CT molecular complexity index is 994. The van der Waals surface area contributed by atoms with Crippen molar-refractivity contribution in [1.82, 2.24) is 14.8 Å². The van der Waals surface area contributed by atoms with Gasteiger partial charge in [-0.15, -0.1) is 0 Å². The maximum absolute atomic E-state index is 12.9. The number of hydrogen-bond acceptors (Lipinski definition) is 4. The summed E-state index contributed by atoms with van der Waals surface area (Å²) in [5.41, 5.74) is 4.55. The Balaban J connectivity index is 1.42. The number of carbonyl (C=O) groups is 1. The summed E-state index contributed by atoms with van der Waals surface area (Å²) in [6.07, 6.45) is 0.933. The van der Waals surface area contributed by atoms with Crippen molar-refractivity contribution >= 4 is 28.6 Å². The third kappa shape index (κ3) is 4.21. The number of aryl methyl sites for hydroxylation is 2. The second kappa shape index (κ2) is 7.94. The summed E-state index contributed by atoms with van der Waals surface area (Å²) in [5.74, 6) is 0.802. The number of rotatable bonds is 3. The van der Waals surface area contributed by atoms with Crippen LogP contribution < -0.4 is 0 Å². The Morgan fingerprint density at radius 1 is 1.07 bits per heavy atom. The number of amides is 1. The van der Waals surface area contributed by atoms with Crippen LogP contribution in [-0.4, -0.2) is 46.9 Å². The molecule has 0 bridgehead atoms. The lowest BCUT2D eigenvalue weighted by molar-refractivity contribution is 0.0760. The number of nitrogens with zero attached hydrogens (tertiary/aromatic N) is 3. The first-order valence-electron chi connectivity index (χ1n) is 9.63. The van der Waals surface area contributed by atoms with Gasteiger partial charge in [0.15, 0.2) is 5.58 Å². The van der Waals surface area contributed by atoms with Gasteiger partial charge < -0.3 is 9.32 Å². The van der Waals surface area contributed by atoms with Gasteiger partial charge in [-0.05, 0) is 50.6 Å². The SMILES string of the molecule is Cc1cc(C)cc(C(=O)N2CCCN(Cc3nc4cc(Cl)ccc4o3)CC2)c1. The minimum atomic E-state index is 0.116. The quantitative estimate of drug-likeness (QED) is 0.655. The first-order chi connectivity index (χ1) is 13.5. The third-order valence-corrected chi connectivity index (χ3v) is 5.33. The lowest BCUT2D eigenvalue weighted by Crippen LogP contribution is -2.35. The van der Waals surface area contributed by atoms with E-state index >= 15 is 0 Å². The largest absolute Gasteiger partial charge is 0.439 e. The third-order valence-electron chi connectivity index (χ3n) is 5.10. The van der Waals surface area contributed by atoms with Crippen molar-refractivity contribution < 1.29 is 9.21 Å². The van der Waals surface area contributed by atoms with Crippen molar-refractivity contribution in [2.24, 2.45) is 0 Å². The highest BCUT2D eigenvalue weighted by Gasteiger charge is 2.21. The fourth-order valence-corrected chi connectivity index (χ4v) is 3.99. The first kappa shape index (κ1) is 19.0. The predicted octanol–water partition coefficient (Wildman–Crippen LogP) is 4.45. The Labute approximate surface area is 169 Å². The molecular weight excluding hydrogens is 374 g/mol. The van der Waals surface area contributed by atoms with Crippen LogP contribution in [0.25, 0.3) is 11.1 Å². The minimum Gasteiger partial charge on any atom is -0.439 e. The second-order valence-electron chi connectivity index (χ2n) is 7.52. The highest BCUT2D eigenvalue weighted by molar-refractivity contribution is 6.31. The Morgan fingerprint density at radius 3 is 2.64 bits per heavy atom. The van der Waals surface area contributed by atoms with E-state index in [9.17, 15) is 4.79 Å². The van der Waals surface area contributed by atoms with Gasteiger partial charge in [0.1, 0.15) is 5.52 Å². The van der Waals surface area contributed by atoms with E-state index in [0.717, 1.165) is 53.8 Å². The molecule has 2 heterocycles. The summed E-state index contributed by atoms with van der Waals surface area (Å²) in [6, 6.07) is 11.5. The van der Waals surface area contributed by atoms with Gasteiger partial charge in [-0.2, -0.15) is 0 Å². The summed E-state index contributed by atoms with van der Waals surface area (Å²) >= 11 is 6.03. The van der Waals surface area contributed by atoms with Crippen LogP contribution >= 0.6 is 11.6 Å². The van der Waals surface area contributed by atoms with Crippen LogP contribution in [0.1, 0.15) is 33.8 Å². The molecule has 0 aliphatic carbocycles. The van der Waals surface area contributed by atoms with Crippen molar-refractivity contribution in [1.29, 1.82) is 0 Å². The highest BCUT2D eigenvalue weighted by atomic mass is 35.5. The molecule has 6 heteroatoms. The number of hydrogen-bond donors (Lipinski definition) is 0. The van der Waals surface area contributed by atoms with Gasteiger partial charge in [-0.1, -0.05) is 28.8 Å². The first-order valence-corrected chi connectivity index (χ1v) is 10.0. The molecule has 1 aromatic heterocycles. The molecule has 0 radical (unpaired) electrons. The van der Waals surface area contributed by atoms with Crippen LogP contribution in [0, 0.1) is 13.8 Å². The van der Waals surface area contributed by atoms with Crippen LogP contribution in [0.15, 0.2) is 40.8 Å². The average Bonchev–Trinajstić information content (AvgIpc) is 2.88. The zero-order chi connectivity index (χ0) is 19.7. The average molecular weight is 398 g/mol.